The van der Waals surface area contributed by atoms with E-state index in [0.29, 0.717) is 5.82 Å². The number of aryl methyl sites for hydroxylation is 3. The van der Waals surface area contributed by atoms with Crippen LogP contribution in [-0.4, -0.2) is 15.0 Å². The van der Waals surface area contributed by atoms with Crippen molar-refractivity contribution in [3.63, 3.8) is 0 Å². The number of aromatic nitrogens is 3. The zero-order valence-electron chi connectivity index (χ0n) is 15.8. The molecular formula is C24H21N3. The molecule has 3 aromatic carbocycles. The third-order valence-corrected chi connectivity index (χ3v) is 4.62. The van der Waals surface area contributed by atoms with Gasteiger partial charge in [0.2, 0.25) is 0 Å². The molecule has 0 aliphatic carbocycles. The van der Waals surface area contributed by atoms with E-state index in [2.05, 4.69) is 90.5 Å². The van der Waals surface area contributed by atoms with Gasteiger partial charge in [-0.05, 0) is 37.5 Å². The Morgan fingerprint density at radius 1 is 0.556 bits per heavy atom. The zero-order chi connectivity index (χ0) is 18.8. The summed E-state index contributed by atoms with van der Waals surface area (Å²) in [5, 5.41) is 0. The quantitative estimate of drug-likeness (QED) is 0.468. The highest BCUT2D eigenvalue weighted by Crippen LogP contribution is 2.26. The van der Waals surface area contributed by atoms with Crippen molar-refractivity contribution in [3.05, 3.63) is 89.7 Å². The van der Waals surface area contributed by atoms with E-state index < -0.39 is 0 Å². The number of rotatable bonds is 3. The molecule has 0 amide bonds. The van der Waals surface area contributed by atoms with Gasteiger partial charge >= 0.3 is 0 Å². The summed E-state index contributed by atoms with van der Waals surface area (Å²) in [4.78, 5) is 13.9. The van der Waals surface area contributed by atoms with Crippen LogP contribution in [0.15, 0.2) is 72.8 Å². The fraction of sp³-hybridized carbons (Fsp3) is 0.125. The number of benzene rings is 3. The Labute approximate surface area is 159 Å². The Bertz CT molecular complexity index is 1080. The van der Waals surface area contributed by atoms with Gasteiger partial charge in [0.15, 0.2) is 11.6 Å². The van der Waals surface area contributed by atoms with Crippen LogP contribution in [0.25, 0.3) is 33.9 Å². The highest BCUT2D eigenvalue weighted by atomic mass is 15.0. The van der Waals surface area contributed by atoms with Crippen LogP contribution >= 0.6 is 0 Å². The van der Waals surface area contributed by atoms with Crippen LogP contribution in [0, 0.1) is 20.8 Å². The lowest BCUT2D eigenvalue weighted by Gasteiger charge is -2.09. The first kappa shape index (κ1) is 17.1. The van der Waals surface area contributed by atoms with Crippen molar-refractivity contribution < 1.29 is 0 Å². The number of hydrogen-bond acceptors (Lipinski definition) is 3. The summed E-state index contributed by atoms with van der Waals surface area (Å²) in [5.74, 6) is 2.15. The lowest BCUT2D eigenvalue weighted by atomic mass is 10.0. The first-order valence-corrected chi connectivity index (χ1v) is 9.06. The van der Waals surface area contributed by atoms with Gasteiger partial charge in [-0.2, -0.15) is 0 Å². The highest BCUT2D eigenvalue weighted by Gasteiger charge is 2.11. The largest absolute Gasteiger partial charge is 0.213 e. The zero-order valence-corrected chi connectivity index (χ0v) is 15.8. The van der Waals surface area contributed by atoms with E-state index in [1.165, 1.54) is 22.3 Å². The van der Waals surface area contributed by atoms with E-state index in [1.54, 1.807) is 0 Å². The Hall–Kier alpha value is -3.33. The molecule has 3 heteroatoms. The molecule has 0 saturated heterocycles. The van der Waals surface area contributed by atoms with Crippen LogP contribution in [0.2, 0.25) is 0 Å². The molecule has 0 fully saturated rings. The number of hydrogen-bond donors (Lipinski definition) is 0. The fourth-order valence-electron chi connectivity index (χ4n) is 3.24. The second-order valence-corrected chi connectivity index (χ2v) is 6.79. The summed E-state index contributed by atoms with van der Waals surface area (Å²) in [5.41, 5.74) is 6.83. The van der Waals surface area contributed by atoms with Crippen LogP contribution in [0.3, 0.4) is 0 Å². The van der Waals surface area contributed by atoms with Crippen molar-refractivity contribution in [2.24, 2.45) is 0 Å². The minimum atomic E-state index is 0.706. The van der Waals surface area contributed by atoms with Gasteiger partial charge in [-0.1, -0.05) is 78.4 Å². The minimum absolute atomic E-state index is 0.706. The summed E-state index contributed by atoms with van der Waals surface area (Å²) >= 11 is 0. The fourth-order valence-corrected chi connectivity index (χ4v) is 3.24. The smallest absolute Gasteiger partial charge is 0.163 e. The van der Waals surface area contributed by atoms with Crippen molar-refractivity contribution in [2.75, 3.05) is 0 Å². The van der Waals surface area contributed by atoms with E-state index in [-0.39, 0.29) is 0 Å². The average molecular weight is 351 g/mol. The highest BCUT2D eigenvalue weighted by molar-refractivity contribution is 5.69. The summed E-state index contributed by atoms with van der Waals surface area (Å²) in [6, 6.07) is 25.1. The summed E-state index contributed by atoms with van der Waals surface area (Å²) in [6.07, 6.45) is 0. The molecule has 0 bridgehead atoms. The lowest BCUT2D eigenvalue weighted by molar-refractivity contribution is 0.990. The number of nitrogens with zero attached hydrogens (tertiary/aromatic N) is 3. The van der Waals surface area contributed by atoms with E-state index in [9.17, 15) is 0 Å². The van der Waals surface area contributed by atoms with E-state index >= 15 is 0 Å². The van der Waals surface area contributed by atoms with E-state index in [0.717, 1.165) is 22.8 Å². The van der Waals surface area contributed by atoms with Gasteiger partial charge in [0.25, 0.3) is 0 Å². The Morgan fingerprint density at radius 2 is 1.19 bits per heavy atom. The first-order valence-electron chi connectivity index (χ1n) is 9.06. The van der Waals surface area contributed by atoms with Crippen molar-refractivity contribution in [1.29, 1.82) is 0 Å². The second-order valence-electron chi connectivity index (χ2n) is 6.79. The summed E-state index contributed by atoms with van der Waals surface area (Å²) in [7, 11) is 0. The molecule has 4 aromatic rings. The molecule has 0 atom stereocenters. The normalized spacial score (nSPS) is 10.8. The maximum Gasteiger partial charge on any atom is 0.163 e. The van der Waals surface area contributed by atoms with Crippen LogP contribution in [0.4, 0.5) is 0 Å². The van der Waals surface area contributed by atoms with Crippen LogP contribution in [-0.2, 0) is 0 Å². The van der Waals surface area contributed by atoms with Gasteiger partial charge in [0, 0.05) is 11.1 Å². The molecule has 1 heterocycles. The summed E-state index contributed by atoms with van der Waals surface area (Å²) < 4.78 is 0. The minimum Gasteiger partial charge on any atom is -0.213 e. The molecule has 0 saturated carbocycles. The monoisotopic (exact) mass is 351 g/mol. The Balaban J connectivity index is 1.73. The second kappa shape index (κ2) is 7.12. The first-order chi connectivity index (χ1) is 13.1. The Morgan fingerprint density at radius 3 is 1.89 bits per heavy atom. The average Bonchev–Trinajstić information content (AvgIpc) is 2.68. The van der Waals surface area contributed by atoms with E-state index in [4.69, 9.17) is 4.98 Å². The predicted octanol–water partition coefficient (Wildman–Crippen LogP) is 5.80. The maximum atomic E-state index is 4.74. The van der Waals surface area contributed by atoms with Gasteiger partial charge in [0.05, 0.1) is 0 Å². The van der Waals surface area contributed by atoms with Crippen molar-refractivity contribution in [1.82, 2.24) is 15.0 Å². The van der Waals surface area contributed by atoms with Gasteiger partial charge in [-0.25, -0.2) is 15.0 Å². The standard InChI is InChI=1S/C24H21N3/c1-16-9-14-22(17(2)15-16)24-26-18(3)25-23(27-24)21-12-10-20(11-13-21)19-7-5-4-6-8-19/h4-15H,1-3H3. The predicted molar refractivity (Wildman–Crippen MR) is 110 cm³/mol. The molecule has 132 valence electrons. The van der Waals surface area contributed by atoms with Gasteiger partial charge < -0.3 is 0 Å². The molecular weight excluding hydrogens is 330 g/mol. The molecule has 0 unspecified atom stereocenters. The Kier molecular flexibility index (Phi) is 4.51. The van der Waals surface area contributed by atoms with E-state index in [1.807, 2.05) is 13.0 Å². The lowest BCUT2D eigenvalue weighted by Crippen LogP contribution is -2.00. The van der Waals surface area contributed by atoms with Gasteiger partial charge in [-0.3, -0.25) is 0 Å². The summed E-state index contributed by atoms with van der Waals surface area (Å²) in [6.45, 7) is 6.10. The molecule has 0 N–H and O–H groups in total. The SMILES string of the molecule is Cc1ccc(-c2nc(C)nc(-c3ccc(-c4ccccc4)cc3)n2)c(C)c1. The van der Waals surface area contributed by atoms with Crippen molar-refractivity contribution >= 4 is 0 Å². The molecule has 3 nitrogen and oxygen atoms in total. The molecule has 1 aromatic heterocycles. The molecule has 4 rings (SSSR count). The maximum absolute atomic E-state index is 4.74. The molecule has 27 heavy (non-hydrogen) atoms. The van der Waals surface area contributed by atoms with Crippen LogP contribution < -0.4 is 0 Å². The van der Waals surface area contributed by atoms with Crippen molar-refractivity contribution in [2.45, 2.75) is 20.8 Å². The molecule has 0 spiro atoms. The van der Waals surface area contributed by atoms with Gasteiger partial charge in [-0.15, -0.1) is 0 Å². The third kappa shape index (κ3) is 3.63. The third-order valence-electron chi connectivity index (χ3n) is 4.62. The van der Waals surface area contributed by atoms with Gasteiger partial charge in [0.1, 0.15) is 5.82 Å². The van der Waals surface area contributed by atoms with Crippen LogP contribution in [0.5, 0.6) is 0 Å². The van der Waals surface area contributed by atoms with Crippen molar-refractivity contribution in [3.8, 4) is 33.9 Å². The molecule has 0 aliphatic rings. The molecule has 0 aliphatic heterocycles. The topological polar surface area (TPSA) is 38.7 Å². The van der Waals surface area contributed by atoms with Crippen LogP contribution in [0.1, 0.15) is 17.0 Å². The molecule has 0 radical (unpaired) electrons.